The van der Waals surface area contributed by atoms with Crippen LogP contribution in [0.3, 0.4) is 0 Å². The van der Waals surface area contributed by atoms with E-state index in [9.17, 15) is 0 Å². The lowest BCUT2D eigenvalue weighted by atomic mass is 9.83. The lowest BCUT2D eigenvalue weighted by Crippen LogP contribution is -2.75. The Morgan fingerprint density at radius 1 is 0.500 bits per heavy atom. The van der Waals surface area contributed by atoms with E-state index in [1.54, 1.807) is 0 Å². The highest BCUT2D eigenvalue weighted by Gasteiger charge is 2.65. The van der Waals surface area contributed by atoms with E-state index in [4.69, 9.17) is 4.74 Å². The van der Waals surface area contributed by atoms with Crippen molar-refractivity contribution in [1.82, 2.24) is 8.97 Å². The third-order valence-corrected chi connectivity index (χ3v) is 14.7. The molecule has 0 N–H and O–H groups in total. The summed E-state index contributed by atoms with van der Waals surface area (Å²) in [6.07, 6.45) is 4.79. The Kier molecular flexibility index (Phi) is 4.92. The summed E-state index contributed by atoms with van der Waals surface area (Å²) in [6, 6.07) is 54.4. The Labute approximate surface area is 342 Å². The van der Waals surface area contributed by atoms with Gasteiger partial charge in [-0.15, -0.1) is 0 Å². The molecule has 3 aliphatic rings. The van der Waals surface area contributed by atoms with Crippen LogP contribution in [0.25, 0.3) is 109 Å². The second-order valence-electron chi connectivity index (χ2n) is 17.3. The van der Waals surface area contributed by atoms with E-state index < -0.39 is 5.66 Å². The summed E-state index contributed by atoms with van der Waals surface area (Å²) in [6.45, 7) is 4.54. The molecule has 1 atom stereocenters. The van der Waals surface area contributed by atoms with Gasteiger partial charge in [-0.3, -0.25) is 0 Å². The maximum Gasteiger partial charge on any atom is 0.318 e. The van der Waals surface area contributed by atoms with Crippen molar-refractivity contribution in [1.29, 1.82) is 0 Å². The molecule has 276 valence electrons. The van der Waals surface area contributed by atoms with Crippen LogP contribution in [0, 0.1) is 13.8 Å². The average molecular weight is 765 g/mol. The van der Waals surface area contributed by atoms with Crippen LogP contribution in [0.2, 0.25) is 0 Å². The lowest BCUT2D eigenvalue weighted by Gasteiger charge is -2.36. The number of fused-ring (bicyclic) bond motifs is 11. The number of para-hydroxylation sites is 1. The minimum atomic E-state index is -0.781. The standard InChI is InChI=1S/C55H32N4O/c1-29-11-7-12-30(2)45(29)41-28-57-54-49-36(39-27-32-15-10-18-35-34-17-8-13-31-14-9-19-38(46(31)34)48(47(32)35)52(39)59(41)54)22-24-42-50(49)55(57)51-43(60-42)25-23-37-33-16-3-4-20-40(33)58(53(37)51)44-21-5-6-26-56(44)55/h3-28H,1-2H3/q+2. The molecule has 9 aromatic carbocycles. The first kappa shape index (κ1) is 30.3. The van der Waals surface area contributed by atoms with Gasteiger partial charge < -0.3 is 4.74 Å². The van der Waals surface area contributed by atoms with Gasteiger partial charge in [0, 0.05) is 43.9 Å². The Hall–Kier alpha value is -7.76. The molecule has 0 aliphatic carbocycles. The van der Waals surface area contributed by atoms with Crippen LogP contribution in [0.1, 0.15) is 22.3 Å². The molecule has 0 fully saturated rings. The minimum Gasteiger partial charge on any atom is -0.456 e. The van der Waals surface area contributed by atoms with E-state index in [2.05, 4.69) is 190 Å². The molecule has 4 aromatic heterocycles. The summed E-state index contributed by atoms with van der Waals surface area (Å²) in [5.41, 5.74) is 11.4. The van der Waals surface area contributed by atoms with Crippen molar-refractivity contribution in [3.05, 3.63) is 180 Å². The molecule has 3 aliphatic heterocycles. The Morgan fingerprint density at radius 3 is 2.03 bits per heavy atom. The monoisotopic (exact) mass is 764 g/mol. The highest BCUT2D eigenvalue weighted by atomic mass is 16.5. The molecule has 16 rings (SSSR count). The molecule has 60 heavy (non-hydrogen) atoms. The SMILES string of the molecule is Cc1cccc(C)c1-c1c[n+]2c3c4c5c(ccc4c4cc6cccc7c8cccc9cccc(c98)c(c67)c4n13)Oc1ccc3c4ccccc4n4c3c1C52[n+]1ccccc1-4. The van der Waals surface area contributed by atoms with Gasteiger partial charge in [-0.25, -0.2) is 0 Å². The predicted molar refractivity (Wildman–Crippen MR) is 241 cm³/mol. The number of pyridine rings is 2. The minimum absolute atomic E-state index is 0.781. The van der Waals surface area contributed by atoms with E-state index in [1.807, 2.05) is 0 Å². The Bertz CT molecular complexity index is 4220. The Balaban J connectivity index is 1.24. The quantitative estimate of drug-likeness (QED) is 0.0929. The van der Waals surface area contributed by atoms with Crippen LogP contribution < -0.4 is 13.9 Å². The van der Waals surface area contributed by atoms with E-state index in [-0.39, 0.29) is 0 Å². The number of aromatic nitrogens is 4. The summed E-state index contributed by atoms with van der Waals surface area (Å²) >= 11 is 0. The molecule has 1 unspecified atom stereocenters. The van der Waals surface area contributed by atoms with Gasteiger partial charge in [-0.2, -0.15) is 18.1 Å². The van der Waals surface area contributed by atoms with Gasteiger partial charge in [0.2, 0.25) is 0 Å². The molecule has 0 saturated heterocycles. The van der Waals surface area contributed by atoms with Crippen molar-refractivity contribution >= 4 is 92.2 Å². The van der Waals surface area contributed by atoms with Crippen LogP contribution in [-0.2, 0) is 5.66 Å². The van der Waals surface area contributed by atoms with Gasteiger partial charge in [-0.05, 0) is 106 Å². The molecule has 7 heterocycles. The number of nitrogens with zero attached hydrogens (tertiary/aromatic N) is 4. The first-order valence-corrected chi connectivity index (χ1v) is 20.9. The molecule has 13 aromatic rings. The van der Waals surface area contributed by atoms with E-state index in [0.717, 1.165) is 17.3 Å². The van der Waals surface area contributed by atoms with Crippen molar-refractivity contribution in [2.75, 3.05) is 0 Å². The van der Waals surface area contributed by atoms with Crippen LogP contribution in [0.15, 0.2) is 158 Å². The second kappa shape index (κ2) is 9.74. The topological polar surface area (TPSA) is 26.3 Å². The lowest BCUT2D eigenvalue weighted by molar-refractivity contribution is -0.956. The number of ether oxygens (including phenoxy) is 1. The largest absolute Gasteiger partial charge is 0.456 e. The number of imidazole rings is 1. The molecule has 0 amide bonds. The molecule has 1 spiro atoms. The van der Waals surface area contributed by atoms with Crippen LogP contribution >= 0.6 is 0 Å². The zero-order valence-electron chi connectivity index (χ0n) is 32.7. The molecular weight excluding hydrogens is 733 g/mol. The van der Waals surface area contributed by atoms with Crippen molar-refractivity contribution in [3.63, 3.8) is 0 Å². The zero-order valence-corrected chi connectivity index (χ0v) is 32.7. The molecule has 0 saturated carbocycles. The van der Waals surface area contributed by atoms with Gasteiger partial charge in [-0.1, -0.05) is 91.0 Å². The molecular formula is C55H32N4O+2. The van der Waals surface area contributed by atoms with Gasteiger partial charge in [0.15, 0.2) is 11.2 Å². The predicted octanol–water partition coefficient (Wildman–Crippen LogP) is 12.3. The Morgan fingerprint density at radius 2 is 1.18 bits per heavy atom. The van der Waals surface area contributed by atoms with Crippen molar-refractivity contribution in [3.8, 4) is 28.6 Å². The molecule has 0 bridgehead atoms. The number of hydrogen-bond donors (Lipinski definition) is 0. The third-order valence-electron chi connectivity index (χ3n) is 14.7. The number of aryl methyl sites for hydroxylation is 2. The third kappa shape index (κ3) is 3.04. The summed E-state index contributed by atoms with van der Waals surface area (Å²) in [5, 5.41) is 16.6. The average Bonchev–Trinajstić information content (AvgIpc) is 3.93. The molecule has 5 heteroatoms. The molecule has 0 radical (unpaired) electrons. The van der Waals surface area contributed by atoms with Crippen molar-refractivity contribution in [2.45, 2.75) is 19.5 Å². The summed E-state index contributed by atoms with van der Waals surface area (Å²) < 4.78 is 17.5. The van der Waals surface area contributed by atoms with Crippen molar-refractivity contribution in [2.24, 2.45) is 0 Å². The normalized spacial score (nSPS) is 16.0. The van der Waals surface area contributed by atoms with Crippen LogP contribution in [-0.4, -0.2) is 8.97 Å². The van der Waals surface area contributed by atoms with Gasteiger partial charge >= 0.3 is 5.66 Å². The zero-order chi connectivity index (χ0) is 38.9. The fraction of sp³-hybridized carbons (Fsp3) is 0.0545. The highest BCUT2D eigenvalue weighted by Crippen LogP contribution is 2.58. The summed E-state index contributed by atoms with van der Waals surface area (Å²) in [7, 11) is 0. The number of rotatable bonds is 1. The van der Waals surface area contributed by atoms with E-state index in [1.165, 1.54) is 126 Å². The van der Waals surface area contributed by atoms with Gasteiger partial charge in [0.25, 0.3) is 11.5 Å². The first-order valence-electron chi connectivity index (χ1n) is 20.9. The van der Waals surface area contributed by atoms with Crippen molar-refractivity contribution < 1.29 is 13.9 Å². The fourth-order valence-electron chi connectivity index (χ4n) is 12.6. The maximum atomic E-state index is 7.17. The van der Waals surface area contributed by atoms with Crippen LogP contribution in [0.5, 0.6) is 11.5 Å². The smallest absolute Gasteiger partial charge is 0.318 e. The number of hydrogen-bond acceptors (Lipinski definition) is 1. The highest BCUT2D eigenvalue weighted by molar-refractivity contribution is 6.39. The van der Waals surface area contributed by atoms with E-state index >= 15 is 0 Å². The van der Waals surface area contributed by atoms with Gasteiger partial charge in [0.1, 0.15) is 39.9 Å². The maximum absolute atomic E-state index is 7.17. The summed E-state index contributed by atoms with van der Waals surface area (Å²) in [4.78, 5) is 0. The van der Waals surface area contributed by atoms with Gasteiger partial charge in [0.05, 0.1) is 11.6 Å². The van der Waals surface area contributed by atoms with Crippen LogP contribution in [0.4, 0.5) is 0 Å². The first-order chi connectivity index (χ1) is 29.6. The molecule has 5 nitrogen and oxygen atoms in total. The second-order valence-corrected chi connectivity index (χ2v) is 17.3. The fourth-order valence-corrected chi connectivity index (χ4v) is 12.6. The van der Waals surface area contributed by atoms with E-state index in [0.29, 0.717) is 0 Å². The number of benzene rings is 9. The summed E-state index contributed by atoms with van der Waals surface area (Å²) in [5.74, 6) is 2.93.